The van der Waals surface area contributed by atoms with Gasteiger partial charge in [-0.15, -0.1) is 11.6 Å². The Labute approximate surface area is 102 Å². The molecule has 0 N–H and O–H groups in total. The second-order valence-corrected chi connectivity index (χ2v) is 4.48. The van der Waals surface area contributed by atoms with E-state index in [4.69, 9.17) is 11.6 Å². The number of halogens is 1. The Bertz CT molecular complexity index is 378. The molecule has 0 amide bonds. The topological polar surface area (TPSA) is 0 Å². The van der Waals surface area contributed by atoms with Gasteiger partial charge in [-0.1, -0.05) is 67.6 Å². The summed E-state index contributed by atoms with van der Waals surface area (Å²) in [7, 11) is 0. The molecule has 0 saturated heterocycles. The third-order valence-corrected chi connectivity index (χ3v) is 3.51. The van der Waals surface area contributed by atoms with Crippen LogP contribution in [0.25, 0.3) is 0 Å². The molecule has 0 nitrogen and oxygen atoms in total. The van der Waals surface area contributed by atoms with Gasteiger partial charge in [0.1, 0.15) is 0 Å². The fraction of sp³-hybridized carbons (Fsp3) is 0.200. The Morgan fingerprint density at radius 1 is 0.750 bits per heavy atom. The van der Waals surface area contributed by atoms with Gasteiger partial charge in [0, 0.05) is 5.92 Å². The summed E-state index contributed by atoms with van der Waals surface area (Å²) in [6, 6.07) is 20.6. The maximum Gasteiger partial charge on any atom is 0.0651 e. The molecule has 2 rings (SSSR count). The molecule has 1 heteroatoms. The van der Waals surface area contributed by atoms with E-state index in [1.54, 1.807) is 0 Å². The summed E-state index contributed by atoms with van der Waals surface area (Å²) in [6.45, 7) is 2.17. The molecule has 0 fully saturated rings. The molecule has 0 aliphatic rings. The van der Waals surface area contributed by atoms with Gasteiger partial charge in [-0.05, 0) is 11.1 Å². The molecule has 0 aliphatic carbocycles. The summed E-state index contributed by atoms with van der Waals surface area (Å²) in [5.74, 6) is 0.324. The van der Waals surface area contributed by atoms with E-state index in [-0.39, 0.29) is 5.38 Å². The normalized spacial score (nSPS) is 14.4. The monoisotopic (exact) mass is 230 g/mol. The van der Waals surface area contributed by atoms with Crippen LogP contribution in [0, 0.1) is 0 Å². The van der Waals surface area contributed by atoms with Gasteiger partial charge in [-0.25, -0.2) is 0 Å². The molecule has 0 radical (unpaired) electrons. The molecular formula is C15H15Cl. The summed E-state index contributed by atoms with van der Waals surface area (Å²) in [5, 5.41) is 0.0311. The maximum absolute atomic E-state index is 6.49. The third-order valence-electron chi connectivity index (χ3n) is 2.88. The first-order valence-corrected chi connectivity index (χ1v) is 5.96. The lowest BCUT2D eigenvalue weighted by Gasteiger charge is -2.18. The van der Waals surface area contributed by atoms with Crippen LogP contribution in [-0.2, 0) is 0 Å². The number of alkyl halides is 1. The fourth-order valence-corrected chi connectivity index (χ4v) is 2.14. The van der Waals surface area contributed by atoms with Crippen LogP contribution in [0.5, 0.6) is 0 Å². The van der Waals surface area contributed by atoms with Gasteiger partial charge in [0.2, 0.25) is 0 Å². The van der Waals surface area contributed by atoms with Crippen LogP contribution in [0.4, 0.5) is 0 Å². The zero-order valence-corrected chi connectivity index (χ0v) is 10.1. The average Bonchev–Trinajstić information content (AvgIpc) is 2.39. The molecule has 0 aromatic heterocycles. The number of benzene rings is 2. The van der Waals surface area contributed by atoms with Crippen molar-refractivity contribution < 1.29 is 0 Å². The van der Waals surface area contributed by atoms with Gasteiger partial charge in [0.15, 0.2) is 0 Å². The smallest absolute Gasteiger partial charge is 0.0651 e. The first-order valence-electron chi connectivity index (χ1n) is 5.53. The number of hydrogen-bond donors (Lipinski definition) is 0. The minimum atomic E-state index is 0.0311. The van der Waals surface area contributed by atoms with Gasteiger partial charge in [-0.2, -0.15) is 0 Å². The highest BCUT2D eigenvalue weighted by Gasteiger charge is 2.17. The minimum Gasteiger partial charge on any atom is -0.117 e. The van der Waals surface area contributed by atoms with Gasteiger partial charge in [0.05, 0.1) is 5.38 Å². The Hall–Kier alpha value is -1.27. The lowest BCUT2D eigenvalue weighted by Crippen LogP contribution is -2.02. The van der Waals surface area contributed by atoms with E-state index in [0.29, 0.717) is 5.92 Å². The van der Waals surface area contributed by atoms with Crippen LogP contribution in [0.3, 0.4) is 0 Å². The van der Waals surface area contributed by atoms with Crippen LogP contribution in [0.1, 0.15) is 29.3 Å². The summed E-state index contributed by atoms with van der Waals surface area (Å²) >= 11 is 6.49. The van der Waals surface area contributed by atoms with E-state index in [9.17, 15) is 0 Å². The zero-order chi connectivity index (χ0) is 11.4. The Morgan fingerprint density at radius 2 is 1.19 bits per heavy atom. The van der Waals surface area contributed by atoms with E-state index in [1.807, 2.05) is 24.3 Å². The molecule has 82 valence electrons. The Kier molecular flexibility index (Phi) is 3.63. The molecule has 0 spiro atoms. The van der Waals surface area contributed by atoms with E-state index in [2.05, 4.69) is 43.3 Å². The molecular weight excluding hydrogens is 216 g/mol. The first-order chi connectivity index (χ1) is 7.79. The van der Waals surface area contributed by atoms with Gasteiger partial charge in [0.25, 0.3) is 0 Å². The van der Waals surface area contributed by atoms with E-state index >= 15 is 0 Å². The fourth-order valence-electron chi connectivity index (χ4n) is 1.85. The van der Waals surface area contributed by atoms with Crippen LogP contribution in [0.2, 0.25) is 0 Å². The number of hydrogen-bond acceptors (Lipinski definition) is 0. The summed E-state index contributed by atoms with van der Waals surface area (Å²) in [6.07, 6.45) is 0. The molecule has 0 bridgehead atoms. The van der Waals surface area contributed by atoms with Crippen LogP contribution in [-0.4, -0.2) is 0 Å². The van der Waals surface area contributed by atoms with Crippen molar-refractivity contribution in [3.05, 3.63) is 71.8 Å². The Morgan fingerprint density at radius 3 is 1.69 bits per heavy atom. The molecule has 0 heterocycles. The second-order valence-electron chi connectivity index (χ2n) is 4.01. The highest BCUT2D eigenvalue weighted by Crippen LogP contribution is 2.35. The third kappa shape index (κ3) is 2.45. The quantitative estimate of drug-likeness (QED) is 0.667. The minimum absolute atomic E-state index is 0.0311. The molecule has 2 aromatic carbocycles. The first kappa shape index (κ1) is 11.2. The van der Waals surface area contributed by atoms with Crippen LogP contribution < -0.4 is 0 Å². The summed E-state index contributed by atoms with van der Waals surface area (Å²) < 4.78 is 0. The largest absolute Gasteiger partial charge is 0.117 e. The van der Waals surface area contributed by atoms with Gasteiger partial charge < -0.3 is 0 Å². The van der Waals surface area contributed by atoms with Crippen molar-refractivity contribution in [2.75, 3.05) is 0 Å². The van der Waals surface area contributed by atoms with Gasteiger partial charge in [-0.3, -0.25) is 0 Å². The van der Waals surface area contributed by atoms with Crippen LogP contribution >= 0.6 is 11.6 Å². The molecule has 2 unspecified atom stereocenters. The molecule has 16 heavy (non-hydrogen) atoms. The predicted molar refractivity (Wildman–Crippen MR) is 69.9 cm³/mol. The molecule has 0 saturated carbocycles. The van der Waals surface area contributed by atoms with Crippen molar-refractivity contribution in [1.82, 2.24) is 0 Å². The van der Waals surface area contributed by atoms with Crippen molar-refractivity contribution in [2.45, 2.75) is 18.2 Å². The average molecular weight is 231 g/mol. The molecule has 0 aliphatic heterocycles. The highest BCUT2D eigenvalue weighted by atomic mass is 35.5. The SMILES string of the molecule is CC(c1ccccc1)C(Cl)c1ccccc1. The van der Waals surface area contributed by atoms with Crippen LogP contribution in [0.15, 0.2) is 60.7 Å². The van der Waals surface area contributed by atoms with Crippen molar-refractivity contribution in [3.63, 3.8) is 0 Å². The summed E-state index contributed by atoms with van der Waals surface area (Å²) in [5.41, 5.74) is 2.46. The van der Waals surface area contributed by atoms with Gasteiger partial charge >= 0.3 is 0 Å². The van der Waals surface area contributed by atoms with Crippen molar-refractivity contribution in [3.8, 4) is 0 Å². The second kappa shape index (κ2) is 5.18. The predicted octanol–water partition coefficient (Wildman–Crippen LogP) is 4.77. The standard InChI is InChI=1S/C15H15Cl/c1-12(13-8-4-2-5-9-13)15(16)14-10-6-3-7-11-14/h2-12,15H,1H3. The van der Waals surface area contributed by atoms with E-state index in [1.165, 1.54) is 11.1 Å². The summed E-state index contributed by atoms with van der Waals surface area (Å²) in [4.78, 5) is 0. The molecule has 2 aromatic rings. The van der Waals surface area contributed by atoms with Crippen molar-refractivity contribution in [2.24, 2.45) is 0 Å². The number of rotatable bonds is 3. The molecule has 2 atom stereocenters. The van der Waals surface area contributed by atoms with E-state index < -0.39 is 0 Å². The lowest BCUT2D eigenvalue weighted by molar-refractivity contribution is 0.732. The van der Waals surface area contributed by atoms with Crippen molar-refractivity contribution >= 4 is 11.6 Å². The van der Waals surface area contributed by atoms with Crippen molar-refractivity contribution in [1.29, 1.82) is 0 Å². The lowest BCUT2D eigenvalue weighted by atomic mass is 9.93. The maximum atomic E-state index is 6.49. The zero-order valence-electron chi connectivity index (χ0n) is 9.31. The Balaban J connectivity index is 2.20. The highest BCUT2D eigenvalue weighted by molar-refractivity contribution is 6.21. The van der Waals surface area contributed by atoms with E-state index in [0.717, 1.165) is 0 Å².